The van der Waals surface area contributed by atoms with Gasteiger partial charge < -0.3 is 9.84 Å². The van der Waals surface area contributed by atoms with Crippen LogP contribution < -0.4 is 4.72 Å². The highest BCUT2D eigenvalue weighted by molar-refractivity contribution is 7.89. The summed E-state index contributed by atoms with van der Waals surface area (Å²) in [7, 11) is -4.18. The second kappa shape index (κ2) is 8.52. The quantitative estimate of drug-likeness (QED) is 0.396. The van der Waals surface area contributed by atoms with Gasteiger partial charge in [-0.3, -0.25) is 14.9 Å². The zero-order valence-corrected chi connectivity index (χ0v) is 14.3. The molecular weight excluding hydrogens is 364 g/mol. The summed E-state index contributed by atoms with van der Waals surface area (Å²) in [4.78, 5) is 21.7. The summed E-state index contributed by atoms with van der Waals surface area (Å²) in [5.41, 5.74) is 0.431. The van der Waals surface area contributed by atoms with Crippen molar-refractivity contribution in [3.05, 3.63) is 70.3 Å². The zero-order valence-electron chi connectivity index (χ0n) is 13.4. The number of benzene rings is 2. The fourth-order valence-electron chi connectivity index (χ4n) is 1.99. The normalized spacial score (nSPS) is 12.3. The van der Waals surface area contributed by atoms with Crippen molar-refractivity contribution in [1.29, 1.82) is 0 Å². The van der Waals surface area contributed by atoms with Crippen molar-refractivity contribution >= 4 is 21.7 Å². The van der Waals surface area contributed by atoms with Gasteiger partial charge in [-0.05, 0) is 17.7 Å². The molecule has 2 rings (SSSR count). The Hall–Kier alpha value is -2.82. The lowest BCUT2D eigenvalue weighted by Crippen LogP contribution is -2.44. The average molecular weight is 380 g/mol. The van der Waals surface area contributed by atoms with Crippen molar-refractivity contribution < 1.29 is 28.0 Å². The van der Waals surface area contributed by atoms with E-state index in [-0.39, 0.29) is 17.2 Å². The number of carbonyl (C=O) groups is 1. The first-order chi connectivity index (χ1) is 12.3. The van der Waals surface area contributed by atoms with E-state index in [4.69, 9.17) is 4.74 Å². The van der Waals surface area contributed by atoms with E-state index < -0.39 is 33.6 Å². The van der Waals surface area contributed by atoms with Crippen LogP contribution in [0.3, 0.4) is 0 Å². The summed E-state index contributed by atoms with van der Waals surface area (Å²) in [6.07, 6.45) is 0. The van der Waals surface area contributed by atoms with E-state index in [0.717, 1.165) is 24.3 Å². The highest BCUT2D eigenvalue weighted by atomic mass is 32.2. The van der Waals surface area contributed by atoms with E-state index in [1.807, 2.05) is 4.72 Å². The Labute approximate surface area is 149 Å². The van der Waals surface area contributed by atoms with Crippen molar-refractivity contribution in [3.63, 3.8) is 0 Å². The Balaban J connectivity index is 2.04. The SMILES string of the molecule is O=C(OCc1ccccc1)C(CO)NS(=O)(=O)c1ccc([N+](=O)[O-])cc1. The molecule has 1 unspecified atom stereocenters. The lowest BCUT2D eigenvalue weighted by Gasteiger charge is -2.15. The minimum atomic E-state index is -4.18. The van der Waals surface area contributed by atoms with E-state index >= 15 is 0 Å². The fourth-order valence-corrected chi connectivity index (χ4v) is 3.17. The molecule has 0 aliphatic rings. The van der Waals surface area contributed by atoms with Gasteiger partial charge >= 0.3 is 5.97 Å². The van der Waals surface area contributed by atoms with Crippen LogP contribution in [0.2, 0.25) is 0 Å². The van der Waals surface area contributed by atoms with Crippen LogP contribution in [0, 0.1) is 10.1 Å². The van der Waals surface area contributed by atoms with Crippen molar-refractivity contribution in [1.82, 2.24) is 4.72 Å². The van der Waals surface area contributed by atoms with Crippen molar-refractivity contribution in [2.75, 3.05) is 6.61 Å². The molecule has 0 radical (unpaired) electrons. The summed E-state index contributed by atoms with van der Waals surface area (Å²) in [6.45, 7) is -0.880. The Bertz CT molecular complexity index is 867. The maximum absolute atomic E-state index is 12.3. The highest BCUT2D eigenvalue weighted by Gasteiger charge is 2.26. The summed E-state index contributed by atoms with van der Waals surface area (Å²) in [5, 5.41) is 19.9. The van der Waals surface area contributed by atoms with Crippen LogP contribution in [0.1, 0.15) is 5.56 Å². The number of nitrogens with zero attached hydrogens (tertiary/aromatic N) is 1. The molecule has 0 bridgehead atoms. The molecule has 10 heteroatoms. The monoisotopic (exact) mass is 380 g/mol. The first-order valence-corrected chi connectivity index (χ1v) is 8.90. The Morgan fingerprint density at radius 2 is 1.77 bits per heavy atom. The van der Waals surface area contributed by atoms with Crippen LogP contribution in [0.25, 0.3) is 0 Å². The van der Waals surface area contributed by atoms with Gasteiger partial charge in [0.1, 0.15) is 12.6 Å². The number of aliphatic hydroxyl groups excluding tert-OH is 1. The molecule has 0 heterocycles. The van der Waals surface area contributed by atoms with E-state index in [2.05, 4.69) is 0 Å². The third-order valence-electron chi connectivity index (χ3n) is 3.35. The second-order valence-electron chi connectivity index (χ2n) is 5.20. The van der Waals surface area contributed by atoms with Gasteiger partial charge in [-0.2, -0.15) is 4.72 Å². The number of nitro benzene ring substituents is 1. The predicted molar refractivity (Wildman–Crippen MR) is 90.5 cm³/mol. The Morgan fingerprint density at radius 3 is 2.31 bits per heavy atom. The Morgan fingerprint density at radius 1 is 1.15 bits per heavy atom. The van der Waals surface area contributed by atoms with Gasteiger partial charge in [0, 0.05) is 12.1 Å². The predicted octanol–water partition coefficient (Wildman–Crippen LogP) is 0.977. The van der Waals surface area contributed by atoms with E-state index in [0.29, 0.717) is 5.56 Å². The summed E-state index contributed by atoms with van der Waals surface area (Å²) >= 11 is 0. The van der Waals surface area contributed by atoms with Crippen LogP contribution >= 0.6 is 0 Å². The maximum Gasteiger partial charge on any atom is 0.326 e. The number of nitro groups is 1. The van der Waals surface area contributed by atoms with Gasteiger partial charge in [-0.1, -0.05) is 30.3 Å². The maximum atomic E-state index is 12.3. The minimum Gasteiger partial charge on any atom is -0.460 e. The molecule has 0 aromatic heterocycles. The number of carbonyl (C=O) groups excluding carboxylic acids is 1. The van der Waals surface area contributed by atoms with Gasteiger partial charge in [-0.25, -0.2) is 8.42 Å². The largest absolute Gasteiger partial charge is 0.460 e. The van der Waals surface area contributed by atoms with Crippen LogP contribution in [-0.2, 0) is 26.2 Å². The molecule has 2 N–H and O–H groups in total. The summed E-state index contributed by atoms with van der Waals surface area (Å²) in [5.74, 6) is -0.943. The first-order valence-electron chi connectivity index (χ1n) is 7.41. The van der Waals surface area contributed by atoms with E-state index in [1.165, 1.54) is 0 Å². The summed E-state index contributed by atoms with van der Waals surface area (Å²) < 4.78 is 31.5. The van der Waals surface area contributed by atoms with Crippen LogP contribution in [0.5, 0.6) is 0 Å². The topological polar surface area (TPSA) is 136 Å². The van der Waals surface area contributed by atoms with Crippen LogP contribution in [-0.4, -0.2) is 37.1 Å². The van der Waals surface area contributed by atoms with Gasteiger partial charge in [0.05, 0.1) is 16.4 Å². The Kier molecular flexibility index (Phi) is 6.39. The molecule has 9 nitrogen and oxygen atoms in total. The first kappa shape index (κ1) is 19.5. The number of sulfonamides is 1. The molecule has 0 aliphatic heterocycles. The third-order valence-corrected chi connectivity index (χ3v) is 4.83. The van der Waals surface area contributed by atoms with E-state index in [1.54, 1.807) is 30.3 Å². The standard InChI is InChI=1S/C16H16N2O7S/c19-10-15(16(20)25-11-12-4-2-1-3-5-12)17-26(23,24)14-8-6-13(7-9-14)18(21)22/h1-9,15,17,19H,10-11H2. The molecular formula is C16H16N2O7S. The van der Waals surface area contributed by atoms with Gasteiger partial charge in [0.2, 0.25) is 10.0 Å². The van der Waals surface area contributed by atoms with Gasteiger partial charge in [0.25, 0.3) is 5.69 Å². The van der Waals surface area contributed by atoms with Crippen molar-refractivity contribution in [2.24, 2.45) is 0 Å². The number of hydrogen-bond donors (Lipinski definition) is 2. The molecule has 2 aromatic rings. The van der Waals surface area contributed by atoms with Crippen LogP contribution in [0.4, 0.5) is 5.69 Å². The molecule has 0 aliphatic carbocycles. The minimum absolute atomic E-state index is 0.0740. The molecule has 138 valence electrons. The van der Waals surface area contributed by atoms with Crippen LogP contribution in [0.15, 0.2) is 59.5 Å². The number of ether oxygens (including phenoxy) is 1. The molecule has 0 saturated carbocycles. The molecule has 0 spiro atoms. The molecule has 26 heavy (non-hydrogen) atoms. The van der Waals surface area contributed by atoms with Gasteiger partial charge in [-0.15, -0.1) is 0 Å². The number of esters is 1. The number of aliphatic hydroxyl groups is 1. The molecule has 0 fully saturated rings. The average Bonchev–Trinajstić information content (AvgIpc) is 2.65. The second-order valence-corrected chi connectivity index (χ2v) is 6.91. The van der Waals surface area contributed by atoms with Crippen molar-refractivity contribution in [3.8, 4) is 0 Å². The number of rotatable bonds is 8. The molecule has 0 saturated heterocycles. The summed E-state index contributed by atoms with van der Waals surface area (Å²) in [6, 6.07) is 11.4. The number of non-ortho nitro benzene ring substituents is 1. The smallest absolute Gasteiger partial charge is 0.326 e. The lowest BCUT2D eigenvalue weighted by molar-refractivity contribution is -0.384. The highest BCUT2D eigenvalue weighted by Crippen LogP contribution is 2.16. The van der Waals surface area contributed by atoms with E-state index in [9.17, 15) is 28.4 Å². The lowest BCUT2D eigenvalue weighted by atomic mass is 10.2. The zero-order chi connectivity index (χ0) is 19.2. The molecule has 2 aromatic carbocycles. The fraction of sp³-hybridized carbons (Fsp3) is 0.188. The van der Waals surface area contributed by atoms with Gasteiger partial charge in [0.15, 0.2) is 0 Å². The third kappa shape index (κ3) is 5.09. The molecule has 0 amide bonds. The van der Waals surface area contributed by atoms with Crippen molar-refractivity contribution in [2.45, 2.75) is 17.5 Å². The molecule has 1 atom stereocenters. The number of hydrogen-bond acceptors (Lipinski definition) is 7. The number of nitrogens with one attached hydrogen (secondary N) is 1.